The Hall–Kier alpha value is -3.68. The van der Waals surface area contributed by atoms with Crippen LogP contribution >= 0.6 is 0 Å². The molecule has 0 saturated carbocycles. The fourth-order valence-corrected chi connectivity index (χ4v) is 3.18. The number of nitrogens with one attached hydrogen (secondary N) is 1. The van der Waals surface area contributed by atoms with E-state index in [2.05, 4.69) is 15.0 Å². The molecule has 3 aromatic heterocycles. The van der Waals surface area contributed by atoms with E-state index in [9.17, 15) is 9.18 Å². The fraction of sp³-hybridized carbons (Fsp3) is 0.190. The van der Waals surface area contributed by atoms with Crippen molar-refractivity contribution < 1.29 is 13.9 Å². The van der Waals surface area contributed by atoms with Gasteiger partial charge in [-0.15, -0.1) is 0 Å². The zero-order chi connectivity index (χ0) is 20.5. The molecule has 0 bridgehead atoms. The third-order valence-electron chi connectivity index (χ3n) is 4.60. The van der Waals surface area contributed by atoms with E-state index < -0.39 is 5.82 Å². The van der Waals surface area contributed by atoms with E-state index >= 15 is 0 Å². The van der Waals surface area contributed by atoms with Gasteiger partial charge in [-0.1, -0.05) is 0 Å². The van der Waals surface area contributed by atoms with Crippen LogP contribution in [0.2, 0.25) is 0 Å². The maximum Gasteiger partial charge on any atom is 0.258 e. The van der Waals surface area contributed by atoms with Crippen LogP contribution in [0.15, 0.2) is 47.7 Å². The molecule has 7 nitrogen and oxygen atoms in total. The van der Waals surface area contributed by atoms with Crippen LogP contribution < -0.4 is 15.0 Å². The van der Waals surface area contributed by atoms with Gasteiger partial charge >= 0.3 is 0 Å². The molecule has 0 spiro atoms. The molecule has 29 heavy (non-hydrogen) atoms. The predicted octanol–water partition coefficient (Wildman–Crippen LogP) is 3.16. The summed E-state index contributed by atoms with van der Waals surface area (Å²) in [6.45, 7) is 1.93. The number of fused-ring (bicyclic) bond motifs is 1. The molecule has 0 amide bonds. The Morgan fingerprint density at radius 3 is 2.59 bits per heavy atom. The molecule has 1 N–H and O–H groups in total. The summed E-state index contributed by atoms with van der Waals surface area (Å²) in [5.74, 6) is 1.09. The Balaban J connectivity index is 1.69. The number of halogens is 1. The number of aromatic nitrogens is 4. The van der Waals surface area contributed by atoms with Crippen molar-refractivity contribution in [3.05, 3.63) is 76.0 Å². The number of aryl methyl sites for hydroxylation is 1. The van der Waals surface area contributed by atoms with Crippen molar-refractivity contribution in [1.82, 2.24) is 19.5 Å². The minimum absolute atomic E-state index is 0.221. The Bertz CT molecular complexity index is 1260. The van der Waals surface area contributed by atoms with Crippen molar-refractivity contribution in [2.45, 2.75) is 13.3 Å². The Morgan fingerprint density at radius 1 is 1.17 bits per heavy atom. The molecule has 3 heterocycles. The first-order valence-corrected chi connectivity index (χ1v) is 8.93. The van der Waals surface area contributed by atoms with Gasteiger partial charge in [0, 0.05) is 31.1 Å². The number of pyridine rings is 1. The van der Waals surface area contributed by atoms with Gasteiger partial charge < -0.3 is 19.0 Å². The second kappa shape index (κ2) is 7.38. The van der Waals surface area contributed by atoms with Crippen molar-refractivity contribution in [1.29, 1.82) is 0 Å². The van der Waals surface area contributed by atoms with Crippen molar-refractivity contribution in [2.24, 2.45) is 0 Å². The summed E-state index contributed by atoms with van der Waals surface area (Å²) in [5, 5.41) is 0.383. The molecule has 0 aliphatic rings. The van der Waals surface area contributed by atoms with Crippen LogP contribution in [0.3, 0.4) is 0 Å². The van der Waals surface area contributed by atoms with Crippen LogP contribution in [0, 0.1) is 12.7 Å². The van der Waals surface area contributed by atoms with Gasteiger partial charge in [0.2, 0.25) is 0 Å². The van der Waals surface area contributed by atoms with Crippen LogP contribution in [-0.4, -0.2) is 33.7 Å². The van der Waals surface area contributed by atoms with E-state index in [0.29, 0.717) is 33.8 Å². The van der Waals surface area contributed by atoms with Crippen molar-refractivity contribution in [2.75, 3.05) is 14.2 Å². The van der Waals surface area contributed by atoms with Gasteiger partial charge in [0.05, 0.1) is 25.1 Å². The third kappa shape index (κ3) is 3.56. The molecular weight excluding hydrogens is 375 g/mol. The molecule has 0 aliphatic heterocycles. The molecule has 8 heteroatoms. The molecule has 0 atom stereocenters. The lowest BCUT2D eigenvalue weighted by atomic mass is 10.1. The third-order valence-corrected chi connectivity index (χ3v) is 4.60. The smallest absolute Gasteiger partial charge is 0.258 e. The highest BCUT2D eigenvalue weighted by molar-refractivity contribution is 5.81. The molecule has 148 valence electrons. The second-order valence-corrected chi connectivity index (χ2v) is 6.66. The largest absolute Gasteiger partial charge is 0.493 e. The molecule has 0 saturated heterocycles. The maximum absolute atomic E-state index is 14.6. The number of ether oxygens (including phenoxy) is 2. The zero-order valence-corrected chi connectivity index (χ0v) is 16.2. The van der Waals surface area contributed by atoms with Crippen LogP contribution in [0.4, 0.5) is 4.39 Å². The Kier molecular flexibility index (Phi) is 4.75. The topological polar surface area (TPSA) is 82.0 Å². The number of hydrogen-bond donors (Lipinski definition) is 1. The standard InChI is InChI=1S/C21H19FN4O3/c1-12-4-5-26(11-12)20-15(22)6-13(10-23-20)7-19-24-16-9-18(29-3)17(28-2)8-14(16)21(27)25-19/h4-6,8-11H,7H2,1-3H3,(H,24,25,27). The first-order chi connectivity index (χ1) is 14.0. The van der Waals surface area contributed by atoms with Gasteiger partial charge in [-0.2, -0.15) is 0 Å². The summed E-state index contributed by atoms with van der Waals surface area (Å²) in [5.41, 5.74) is 1.77. The molecular formula is C21H19FN4O3. The molecule has 4 aromatic rings. The van der Waals surface area contributed by atoms with Crippen LogP contribution in [0.5, 0.6) is 11.5 Å². The van der Waals surface area contributed by atoms with E-state index in [4.69, 9.17) is 9.47 Å². The lowest BCUT2D eigenvalue weighted by Crippen LogP contribution is -2.13. The summed E-state index contributed by atoms with van der Waals surface area (Å²) in [6, 6.07) is 6.50. The summed E-state index contributed by atoms with van der Waals surface area (Å²) >= 11 is 0. The number of benzene rings is 1. The van der Waals surface area contributed by atoms with Gasteiger partial charge in [0.25, 0.3) is 5.56 Å². The van der Waals surface area contributed by atoms with Crippen LogP contribution in [-0.2, 0) is 6.42 Å². The summed E-state index contributed by atoms with van der Waals surface area (Å²) in [4.78, 5) is 23.9. The van der Waals surface area contributed by atoms with Gasteiger partial charge in [0.1, 0.15) is 5.82 Å². The van der Waals surface area contributed by atoms with Crippen LogP contribution in [0.1, 0.15) is 17.0 Å². The first kappa shape index (κ1) is 18.7. The molecule has 0 aliphatic carbocycles. The van der Waals surface area contributed by atoms with Crippen molar-refractivity contribution >= 4 is 10.9 Å². The van der Waals surface area contributed by atoms with E-state index in [0.717, 1.165) is 5.56 Å². The minimum atomic E-state index is -0.451. The van der Waals surface area contributed by atoms with E-state index in [1.54, 1.807) is 35.3 Å². The normalized spacial score (nSPS) is 11.0. The Morgan fingerprint density at radius 2 is 1.93 bits per heavy atom. The SMILES string of the molecule is COc1cc2nc(Cc3cnc(-n4ccc(C)c4)c(F)c3)[nH]c(=O)c2cc1OC. The molecule has 0 unspecified atom stereocenters. The number of methoxy groups -OCH3 is 2. The van der Waals surface area contributed by atoms with Gasteiger partial charge in [-0.05, 0) is 36.2 Å². The maximum atomic E-state index is 14.6. The van der Waals surface area contributed by atoms with Crippen LogP contribution in [0.25, 0.3) is 16.7 Å². The Labute approximate surface area is 165 Å². The molecule has 4 rings (SSSR count). The highest BCUT2D eigenvalue weighted by Gasteiger charge is 2.13. The lowest BCUT2D eigenvalue weighted by Gasteiger charge is -2.10. The first-order valence-electron chi connectivity index (χ1n) is 8.93. The number of aromatic amines is 1. The van der Waals surface area contributed by atoms with E-state index in [1.807, 2.05) is 13.0 Å². The number of nitrogens with zero attached hydrogens (tertiary/aromatic N) is 3. The average molecular weight is 394 g/mol. The average Bonchev–Trinajstić information content (AvgIpc) is 3.13. The monoisotopic (exact) mass is 394 g/mol. The number of rotatable bonds is 5. The highest BCUT2D eigenvalue weighted by Crippen LogP contribution is 2.30. The quantitative estimate of drug-likeness (QED) is 0.562. The van der Waals surface area contributed by atoms with Crippen molar-refractivity contribution in [3.8, 4) is 17.3 Å². The van der Waals surface area contributed by atoms with E-state index in [1.165, 1.54) is 20.3 Å². The second-order valence-electron chi connectivity index (χ2n) is 6.66. The number of hydrogen-bond acceptors (Lipinski definition) is 5. The van der Waals surface area contributed by atoms with Gasteiger partial charge in [-0.3, -0.25) is 4.79 Å². The number of H-pyrrole nitrogens is 1. The lowest BCUT2D eigenvalue weighted by molar-refractivity contribution is 0.355. The summed E-state index contributed by atoms with van der Waals surface area (Å²) in [6.07, 6.45) is 5.36. The fourth-order valence-electron chi connectivity index (χ4n) is 3.18. The molecule has 0 fully saturated rings. The summed E-state index contributed by atoms with van der Waals surface area (Å²) in [7, 11) is 3.01. The zero-order valence-electron chi connectivity index (χ0n) is 16.2. The minimum Gasteiger partial charge on any atom is -0.493 e. The summed E-state index contributed by atoms with van der Waals surface area (Å²) < 4.78 is 26.7. The van der Waals surface area contributed by atoms with Gasteiger partial charge in [0.15, 0.2) is 23.1 Å². The molecule has 1 aromatic carbocycles. The molecule has 0 radical (unpaired) electrons. The van der Waals surface area contributed by atoms with E-state index in [-0.39, 0.29) is 17.8 Å². The predicted molar refractivity (Wildman–Crippen MR) is 107 cm³/mol. The van der Waals surface area contributed by atoms with Gasteiger partial charge in [-0.25, -0.2) is 14.4 Å². The van der Waals surface area contributed by atoms with Crippen molar-refractivity contribution in [3.63, 3.8) is 0 Å². The highest BCUT2D eigenvalue weighted by atomic mass is 19.1.